The number of aromatic nitrogens is 2. The Morgan fingerprint density at radius 1 is 1.40 bits per heavy atom. The summed E-state index contributed by atoms with van der Waals surface area (Å²) in [5, 5.41) is 5.60. The first-order valence-corrected chi connectivity index (χ1v) is 5.04. The van der Waals surface area contributed by atoms with E-state index in [9.17, 15) is 0 Å². The average molecular weight is 201 g/mol. The number of hydrogen-bond donors (Lipinski definition) is 1. The van der Waals surface area contributed by atoms with Crippen LogP contribution in [-0.2, 0) is 7.05 Å². The molecule has 3 nitrogen and oxygen atoms in total. The van der Waals surface area contributed by atoms with Crippen molar-refractivity contribution in [2.45, 2.75) is 13.0 Å². The van der Waals surface area contributed by atoms with Gasteiger partial charge in [0.1, 0.15) is 0 Å². The molecule has 0 aliphatic rings. The molecule has 0 spiro atoms. The third kappa shape index (κ3) is 1.92. The van der Waals surface area contributed by atoms with Crippen LogP contribution in [0.2, 0.25) is 0 Å². The van der Waals surface area contributed by atoms with Gasteiger partial charge < -0.3 is 5.73 Å². The fraction of sp³-hybridized carbons (Fsp3) is 0.250. The third-order valence-electron chi connectivity index (χ3n) is 2.34. The van der Waals surface area contributed by atoms with Crippen molar-refractivity contribution in [2.75, 3.05) is 0 Å². The lowest BCUT2D eigenvalue weighted by molar-refractivity contribution is 0.792. The summed E-state index contributed by atoms with van der Waals surface area (Å²) in [6.07, 6.45) is 3.93. The molecule has 15 heavy (non-hydrogen) atoms. The van der Waals surface area contributed by atoms with Gasteiger partial charge in [-0.1, -0.05) is 24.3 Å². The zero-order valence-corrected chi connectivity index (χ0v) is 9.01. The van der Waals surface area contributed by atoms with Crippen molar-refractivity contribution >= 4 is 17.0 Å². The molecule has 1 aromatic heterocycles. The van der Waals surface area contributed by atoms with Gasteiger partial charge in [0.05, 0.1) is 11.2 Å². The molecule has 1 atom stereocenters. The van der Waals surface area contributed by atoms with Crippen molar-refractivity contribution in [3.05, 3.63) is 36.0 Å². The van der Waals surface area contributed by atoms with Crippen LogP contribution in [0.5, 0.6) is 0 Å². The first-order chi connectivity index (χ1) is 7.18. The molecule has 2 aromatic rings. The largest absolute Gasteiger partial charge is 0.325 e. The number of rotatable bonds is 2. The number of benzene rings is 1. The van der Waals surface area contributed by atoms with Crippen LogP contribution in [0.3, 0.4) is 0 Å². The Morgan fingerprint density at radius 3 is 2.87 bits per heavy atom. The number of para-hydroxylation sites is 1. The van der Waals surface area contributed by atoms with E-state index in [1.807, 2.05) is 42.9 Å². The Balaban J connectivity index is 2.52. The van der Waals surface area contributed by atoms with Gasteiger partial charge in [-0.3, -0.25) is 4.68 Å². The minimum absolute atomic E-state index is 0.0609. The number of nitrogens with two attached hydrogens (primary N) is 1. The van der Waals surface area contributed by atoms with Crippen molar-refractivity contribution in [1.82, 2.24) is 9.78 Å². The fourth-order valence-corrected chi connectivity index (χ4v) is 1.61. The molecule has 0 bridgehead atoms. The van der Waals surface area contributed by atoms with E-state index in [1.165, 1.54) is 0 Å². The molecular weight excluding hydrogens is 186 g/mol. The topological polar surface area (TPSA) is 43.8 Å². The summed E-state index contributed by atoms with van der Waals surface area (Å²) in [5.41, 5.74) is 7.79. The maximum Gasteiger partial charge on any atom is 0.0927 e. The normalized spacial score (nSPS) is 13.8. The Morgan fingerprint density at radius 2 is 2.13 bits per heavy atom. The van der Waals surface area contributed by atoms with Crippen LogP contribution >= 0.6 is 0 Å². The zero-order chi connectivity index (χ0) is 10.8. The van der Waals surface area contributed by atoms with Gasteiger partial charge in [0.25, 0.3) is 0 Å². The summed E-state index contributed by atoms with van der Waals surface area (Å²) in [7, 11) is 1.95. The van der Waals surface area contributed by atoms with Crippen LogP contribution in [0.15, 0.2) is 30.3 Å². The number of hydrogen-bond acceptors (Lipinski definition) is 2. The molecule has 0 aliphatic heterocycles. The monoisotopic (exact) mass is 201 g/mol. The van der Waals surface area contributed by atoms with E-state index < -0.39 is 0 Å². The van der Waals surface area contributed by atoms with Gasteiger partial charge in [-0.15, -0.1) is 0 Å². The molecule has 1 aromatic carbocycles. The van der Waals surface area contributed by atoms with Gasteiger partial charge in [0.15, 0.2) is 0 Å². The standard InChI is InChI=1S/C12H15N3/c1-9(13)7-8-11-10-5-3-4-6-12(10)15(2)14-11/h3-9H,13H2,1-2H3/b8-7+. The smallest absolute Gasteiger partial charge is 0.0927 e. The first kappa shape index (κ1) is 9.93. The molecule has 1 heterocycles. The van der Waals surface area contributed by atoms with Crippen molar-refractivity contribution in [2.24, 2.45) is 12.8 Å². The molecule has 3 heteroatoms. The minimum Gasteiger partial charge on any atom is -0.325 e. The van der Waals surface area contributed by atoms with E-state index in [2.05, 4.69) is 17.2 Å². The Bertz CT molecular complexity index is 495. The van der Waals surface area contributed by atoms with E-state index >= 15 is 0 Å². The van der Waals surface area contributed by atoms with E-state index in [0.717, 1.165) is 16.6 Å². The lowest BCUT2D eigenvalue weighted by Crippen LogP contribution is -2.09. The molecular formula is C12H15N3. The SMILES string of the molecule is CC(N)/C=C/c1nn(C)c2ccccc12. The lowest BCUT2D eigenvalue weighted by Gasteiger charge is -1.93. The predicted molar refractivity (Wildman–Crippen MR) is 63.4 cm³/mol. The molecule has 2 N–H and O–H groups in total. The van der Waals surface area contributed by atoms with Gasteiger partial charge >= 0.3 is 0 Å². The van der Waals surface area contributed by atoms with E-state index in [-0.39, 0.29) is 6.04 Å². The van der Waals surface area contributed by atoms with Crippen molar-refractivity contribution < 1.29 is 0 Å². The molecule has 0 aliphatic carbocycles. The molecule has 1 unspecified atom stereocenters. The maximum atomic E-state index is 5.67. The summed E-state index contributed by atoms with van der Waals surface area (Å²) in [6.45, 7) is 1.95. The van der Waals surface area contributed by atoms with Crippen molar-refractivity contribution in [3.63, 3.8) is 0 Å². The highest BCUT2D eigenvalue weighted by Crippen LogP contribution is 2.18. The van der Waals surface area contributed by atoms with Crippen molar-refractivity contribution in [1.29, 1.82) is 0 Å². The van der Waals surface area contributed by atoms with E-state index in [4.69, 9.17) is 5.73 Å². The lowest BCUT2D eigenvalue weighted by atomic mass is 10.2. The molecule has 0 amide bonds. The third-order valence-corrected chi connectivity index (χ3v) is 2.34. The van der Waals surface area contributed by atoms with E-state index in [1.54, 1.807) is 0 Å². The van der Waals surface area contributed by atoms with Crippen LogP contribution in [0, 0.1) is 0 Å². The van der Waals surface area contributed by atoms with Crippen LogP contribution in [-0.4, -0.2) is 15.8 Å². The summed E-state index contributed by atoms with van der Waals surface area (Å²) < 4.78 is 1.89. The summed E-state index contributed by atoms with van der Waals surface area (Å²) in [6, 6.07) is 8.23. The second-order valence-corrected chi connectivity index (χ2v) is 3.74. The van der Waals surface area contributed by atoms with Gasteiger partial charge in [0, 0.05) is 18.5 Å². The molecule has 0 saturated heterocycles. The predicted octanol–water partition coefficient (Wildman–Crippen LogP) is 1.93. The first-order valence-electron chi connectivity index (χ1n) is 5.04. The van der Waals surface area contributed by atoms with Gasteiger partial charge in [0.2, 0.25) is 0 Å². The summed E-state index contributed by atoms with van der Waals surface area (Å²) >= 11 is 0. The Labute approximate surface area is 89.2 Å². The maximum absolute atomic E-state index is 5.67. The fourth-order valence-electron chi connectivity index (χ4n) is 1.61. The van der Waals surface area contributed by atoms with Gasteiger partial charge in [-0.05, 0) is 19.1 Å². The summed E-state index contributed by atoms with van der Waals surface area (Å²) in [5.74, 6) is 0. The zero-order valence-electron chi connectivity index (χ0n) is 9.01. The molecule has 0 fully saturated rings. The Kier molecular flexibility index (Phi) is 2.56. The molecule has 0 radical (unpaired) electrons. The second kappa shape index (κ2) is 3.87. The average Bonchev–Trinajstić information content (AvgIpc) is 2.54. The van der Waals surface area contributed by atoms with Crippen molar-refractivity contribution in [3.8, 4) is 0 Å². The minimum atomic E-state index is 0.0609. The quantitative estimate of drug-likeness (QED) is 0.806. The van der Waals surface area contributed by atoms with Crippen LogP contribution in [0.25, 0.3) is 17.0 Å². The summed E-state index contributed by atoms with van der Waals surface area (Å²) in [4.78, 5) is 0. The molecule has 0 saturated carbocycles. The highest BCUT2D eigenvalue weighted by atomic mass is 15.3. The van der Waals surface area contributed by atoms with Crippen LogP contribution < -0.4 is 5.73 Å². The highest BCUT2D eigenvalue weighted by molar-refractivity contribution is 5.87. The highest BCUT2D eigenvalue weighted by Gasteiger charge is 2.04. The second-order valence-electron chi connectivity index (χ2n) is 3.74. The van der Waals surface area contributed by atoms with Crippen LogP contribution in [0.1, 0.15) is 12.6 Å². The number of aryl methyl sites for hydroxylation is 1. The number of nitrogens with zero attached hydrogens (tertiary/aromatic N) is 2. The van der Waals surface area contributed by atoms with E-state index in [0.29, 0.717) is 0 Å². The van der Waals surface area contributed by atoms with Gasteiger partial charge in [-0.25, -0.2) is 0 Å². The Hall–Kier alpha value is -1.61. The van der Waals surface area contributed by atoms with Gasteiger partial charge in [-0.2, -0.15) is 5.10 Å². The van der Waals surface area contributed by atoms with Crippen LogP contribution in [0.4, 0.5) is 0 Å². The molecule has 2 rings (SSSR count). The number of fused-ring (bicyclic) bond motifs is 1. The molecule has 78 valence electrons.